The minimum absolute atomic E-state index is 0.566. The van der Waals surface area contributed by atoms with E-state index in [0.29, 0.717) is 12.6 Å². The van der Waals surface area contributed by atoms with Gasteiger partial charge in [-0.25, -0.2) is 0 Å². The van der Waals surface area contributed by atoms with E-state index in [4.69, 9.17) is 4.74 Å². The molecule has 18 heavy (non-hydrogen) atoms. The first-order valence-corrected chi connectivity index (χ1v) is 7.67. The van der Waals surface area contributed by atoms with Crippen LogP contribution in [-0.2, 0) is 6.54 Å². The largest absolute Gasteiger partial charge is 0.490 e. The lowest BCUT2D eigenvalue weighted by Crippen LogP contribution is -2.33. The Hall–Kier alpha value is -0.930. The van der Waals surface area contributed by atoms with Crippen molar-refractivity contribution >= 4 is 11.8 Å². The molecule has 1 fully saturated rings. The fraction of sp³-hybridized carbons (Fsp3) is 0.467. The molecule has 2 nitrogen and oxygen atoms in total. The van der Waals surface area contributed by atoms with Crippen LogP contribution in [0.4, 0.5) is 0 Å². The van der Waals surface area contributed by atoms with Crippen molar-refractivity contribution in [3.8, 4) is 5.75 Å². The van der Waals surface area contributed by atoms with Crippen LogP contribution in [0, 0.1) is 0 Å². The summed E-state index contributed by atoms with van der Waals surface area (Å²) in [6.45, 7) is 5.16. The van der Waals surface area contributed by atoms with E-state index in [1.54, 1.807) is 6.08 Å². The summed E-state index contributed by atoms with van der Waals surface area (Å²) in [6, 6.07) is 8.98. The van der Waals surface area contributed by atoms with Crippen LogP contribution in [0.1, 0.15) is 18.4 Å². The van der Waals surface area contributed by atoms with E-state index in [1.807, 2.05) is 12.1 Å². The summed E-state index contributed by atoms with van der Waals surface area (Å²) in [4.78, 5) is 0. The zero-order chi connectivity index (χ0) is 12.6. The van der Waals surface area contributed by atoms with E-state index in [1.165, 1.54) is 29.9 Å². The van der Waals surface area contributed by atoms with Crippen molar-refractivity contribution in [1.29, 1.82) is 0 Å². The van der Waals surface area contributed by atoms with Crippen LogP contribution in [0.15, 0.2) is 36.9 Å². The summed E-state index contributed by atoms with van der Waals surface area (Å²) in [5.41, 5.74) is 1.32. The number of hydrogen-bond acceptors (Lipinski definition) is 3. The van der Waals surface area contributed by atoms with Gasteiger partial charge in [-0.05, 0) is 36.3 Å². The fourth-order valence-corrected chi connectivity index (χ4v) is 3.13. The molecule has 3 heteroatoms. The number of hydrogen-bond donors (Lipinski definition) is 1. The van der Waals surface area contributed by atoms with Crippen LogP contribution in [0.2, 0.25) is 0 Å². The average molecular weight is 263 g/mol. The van der Waals surface area contributed by atoms with Gasteiger partial charge in [-0.1, -0.05) is 24.8 Å². The molecule has 1 aliphatic rings. The molecule has 1 saturated heterocycles. The Morgan fingerprint density at radius 1 is 1.39 bits per heavy atom. The van der Waals surface area contributed by atoms with E-state index in [9.17, 15) is 0 Å². The maximum absolute atomic E-state index is 5.46. The van der Waals surface area contributed by atoms with E-state index >= 15 is 0 Å². The Labute approximate surface area is 114 Å². The summed E-state index contributed by atoms with van der Waals surface area (Å²) in [6.07, 6.45) is 4.42. The highest BCUT2D eigenvalue weighted by molar-refractivity contribution is 7.99. The van der Waals surface area contributed by atoms with Gasteiger partial charge in [0.15, 0.2) is 0 Å². The summed E-state index contributed by atoms with van der Waals surface area (Å²) < 4.78 is 5.46. The van der Waals surface area contributed by atoms with Crippen LogP contribution in [0.3, 0.4) is 0 Å². The molecule has 1 heterocycles. The zero-order valence-electron chi connectivity index (χ0n) is 10.7. The minimum atomic E-state index is 0.566. The molecular formula is C15H21NOS. The van der Waals surface area contributed by atoms with Gasteiger partial charge in [0.2, 0.25) is 0 Å². The number of benzene rings is 1. The predicted molar refractivity (Wildman–Crippen MR) is 79.3 cm³/mol. The third-order valence-electron chi connectivity index (χ3n) is 3.05. The average Bonchev–Trinajstić information content (AvgIpc) is 2.45. The van der Waals surface area contributed by atoms with Gasteiger partial charge >= 0.3 is 0 Å². The molecule has 0 radical (unpaired) electrons. The summed E-state index contributed by atoms with van der Waals surface area (Å²) in [5.74, 6) is 3.49. The maximum Gasteiger partial charge on any atom is 0.119 e. The molecular weight excluding hydrogens is 242 g/mol. The Bertz CT molecular complexity index is 357. The first-order valence-electron chi connectivity index (χ1n) is 6.52. The van der Waals surface area contributed by atoms with Gasteiger partial charge in [-0.2, -0.15) is 11.8 Å². The molecule has 0 spiro atoms. The van der Waals surface area contributed by atoms with Crippen LogP contribution in [0.25, 0.3) is 0 Å². The zero-order valence-corrected chi connectivity index (χ0v) is 11.5. The Kier molecular flexibility index (Phi) is 5.62. The van der Waals surface area contributed by atoms with Crippen molar-refractivity contribution in [1.82, 2.24) is 5.32 Å². The smallest absolute Gasteiger partial charge is 0.119 e. The number of thioether (sulfide) groups is 1. The highest BCUT2D eigenvalue weighted by Crippen LogP contribution is 2.18. The number of ether oxygens (including phenoxy) is 1. The molecule has 0 aromatic heterocycles. The molecule has 1 unspecified atom stereocenters. The second kappa shape index (κ2) is 7.49. The molecule has 1 N–H and O–H groups in total. The standard InChI is InChI=1S/C15H21NOS/c1-2-9-17-15-7-5-13(6-8-15)11-16-14-4-3-10-18-12-14/h2,5-8,14,16H,1,3-4,9-12H2. The summed E-state index contributed by atoms with van der Waals surface area (Å²) in [5, 5.41) is 3.62. The van der Waals surface area contributed by atoms with Crippen LogP contribution in [0.5, 0.6) is 5.75 Å². The van der Waals surface area contributed by atoms with Crippen LogP contribution < -0.4 is 10.1 Å². The summed E-state index contributed by atoms with van der Waals surface area (Å²) >= 11 is 2.06. The first kappa shape index (κ1) is 13.5. The molecule has 1 aliphatic heterocycles. The lowest BCUT2D eigenvalue weighted by atomic mass is 10.1. The molecule has 0 saturated carbocycles. The fourth-order valence-electron chi connectivity index (χ4n) is 2.02. The van der Waals surface area contributed by atoms with Crippen molar-refractivity contribution in [3.05, 3.63) is 42.5 Å². The Morgan fingerprint density at radius 2 is 2.22 bits per heavy atom. The molecule has 98 valence electrons. The van der Waals surface area contributed by atoms with Crippen LogP contribution in [-0.4, -0.2) is 24.2 Å². The maximum atomic E-state index is 5.46. The van der Waals surface area contributed by atoms with Gasteiger partial charge in [0.25, 0.3) is 0 Å². The topological polar surface area (TPSA) is 21.3 Å². The number of rotatable bonds is 6. The monoisotopic (exact) mass is 263 g/mol. The molecule has 0 bridgehead atoms. The predicted octanol–water partition coefficient (Wildman–Crippen LogP) is 3.24. The highest BCUT2D eigenvalue weighted by atomic mass is 32.2. The minimum Gasteiger partial charge on any atom is -0.490 e. The second-order valence-corrected chi connectivity index (χ2v) is 5.69. The highest BCUT2D eigenvalue weighted by Gasteiger charge is 2.12. The molecule has 1 aromatic carbocycles. The van der Waals surface area contributed by atoms with Gasteiger partial charge in [-0.15, -0.1) is 0 Å². The normalized spacial score (nSPS) is 19.4. The van der Waals surface area contributed by atoms with Gasteiger partial charge in [0.05, 0.1) is 0 Å². The number of nitrogens with one attached hydrogen (secondary N) is 1. The van der Waals surface area contributed by atoms with Gasteiger partial charge in [0, 0.05) is 18.3 Å². The second-order valence-electron chi connectivity index (χ2n) is 4.54. The van der Waals surface area contributed by atoms with Crippen molar-refractivity contribution in [2.75, 3.05) is 18.1 Å². The van der Waals surface area contributed by atoms with Crippen molar-refractivity contribution in [2.24, 2.45) is 0 Å². The van der Waals surface area contributed by atoms with Crippen molar-refractivity contribution in [3.63, 3.8) is 0 Å². The van der Waals surface area contributed by atoms with E-state index in [-0.39, 0.29) is 0 Å². The van der Waals surface area contributed by atoms with E-state index in [2.05, 4.69) is 35.8 Å². The van der Waals surface area contributed by atoms with Gasteiger partial charge in [0.1, 0.15) is 12.4 Å². The third-order valence-corrected chi connectivity index (χ3v) is 4.26. The lowest BCUT2D eigenvalue weighted by Gasteiger charge is -2.22. The molecule has 2 rings (SSSR count). The Balaban J connectivity index is 1.76. The molecule has 1 aromatic rings. The molecule has 1 atom stereocenters. The molecule has 0 amide bonds. The van der Waals surface area contributed by atoms with E-state index < -0.39 is 0 Å². The lowest BCUT2D eigenvalue weighted by molar-refractivity contribution is 0.363. The van der Waals surface area contributed by atoms with Crippen molar-refractivity contribution < 1.29 is 4.74 Å². The van der Waals surface area contributed by atoms with Crippen molar-refractivity contribution in [2.45, 2.75) is 25.4 Å². The SMILES string of the molecule is C=CCOc1ccc(CNC2CCCSC2)cc1. The van der Waals surface area contributed by atoms with Gasteiger partial charge in [-0.3, -0.25) is 0 Å². The first-order chi connectivity index (χ1) is 8.88. The Morgan fingerprint density at radius 3 is 2.89 bits per heavy atom. The van der Waals surface area contributed by atoms with E-state index in [0.717, 1.165) is 12.3 Å². The summed E-state index contributed by atoms with van der Waals surface area (Å²) in [7, 11) is 0. The molecule has 0 aliphatic carbocycles. The quantitative estimate of drug-likeness (QED) is 0.796. The van der Waals surface area contributed by atoms with Gasteiger partial charge < -0.3 is 10.1 Å². The van der Waals surface area contributed by atoms with Crippen LogP contribution >= 0.6 is 11.8 Å². The third kappa shape index (κ3) is 4.39.